The predicted molar refractivity (Wildman–Crippen MR) is 151 cm³/mol. The summed E-state index contributed by atoms with van der Waals surface area (Å²) in [6.07, 6.45) is 11.6. The number of benzene rings is 1. The van der Waals surface area contributed by atoms with Crippen molar-refractivity contribution < 1.29 is 9.59 Å². The molecule has 1 saturated carbocycles. The second-order valence-electron chi connectivity index (χ2n) is 10.3. The van der Waals surface area contributed by atoms with E-state index in [0.717, 1.165) is 67.9 Å². The number of piperidine rings is 1. The summed E-state index contributed by atoms with van der Waals surface area (Å²) < 4.78 is 8.68. The average Bonchev–Trinajstić information content (AvgIpc) is 3.44. The van der Waals surface area contributed by atoms with Gasteiger partial charge < -0.3 is 4.90 Å². The molecule has 0 spiro atoms. The number of nitrogens with zero attached hydrogens (tertiary/aromatic N) is 4. The van der Waals surface area contributed by atoms with Crippen LogP contribution in [0.4, 0.5) is 5.69 Å². The SMILES string of the molecule is CC.CC(=O)c1ccc(CCCC2CCC(C(=O)C3CCN(c4ccnc5nsnc45)CC3)CC2)cc1. The molecule has 0 amide bonds. The van der Waals surface area contributed by atoms with E-state index in [4.69, 9.17) is 0 Å². The Balaban J connectivity index is 0.00000156. The number of hydrogen-bond donors (Lipinski definition) is 0. The van der Waals surface area contributed by atoms with Crippen LogP contribution < -0.4 is 4.90 Å². The van der Waals surface area contributed by atoms with E-state index >= 15 is 0 Å². The summed E-state index contributed by atoms with van der Waals surface area (Å²) in [5.41, 5.74) is 4.80. The Morgan fingerprint density at radius 1 is 0.919 bits per heavy atom. The molecule has 0 atom stereocenters. The molecule has 1 saturated heterocycles. The molecule has 3 heterocycles. The molecule has 5 rings (SSSR count). The molecular formula is C30H40N4O2S. The molecule has 0 unspecified atom stereocenters. The fraction of sp³-hybridized carbons (Fsp3) is 0.567. The molecule has 198 valence electrons. The van der Waals surface area contributed by atoms with Gasteiger partial charge in [-0.3, -0.25) is 9.59 Å². The van der Waals surface area contributed by atoms with Crippen LogP contribution in [-0.2, 0) is 11.2 Å². The first-order chi connectivity index (χ1) is 18.1. The van der Waals surface area contributed by atoms with E-state index < -0.39 is 0 Å². The van der Waals surface area contributed by atoms with Gasteiger partial charge >= 0.3 is 0 Å². The van der Waals surface area contributed by atoms with Gasteiger partial charge in [-0.25, -0.2) is 4.98 Å². The molecule has 6 nitrogen and oxygen atoms in total. The van der Waals surface area contributed by atoms with Crippen molar-refractivity contribution in [1.82, 2.24) is 13.7 Å². The van der Waals surface area contributed by atoms with Gasteiger partial charge in [0.1, 0.15) is 11.3 Å². The lowest BCUT2D eigenvalue weighted by molar-refractivity contribution is -0.128. The first-order valence-electron chi connectivity index (χ1n) is 14.0. The second kappa shape index (κ2) is 13.2. The molecule has 0 bridgehead atoms. The summed E-state index contributed by atoms with van der Waals surface area (Å²) in [5.74, 6) is 1.85. The van der Waals surface area contributed by atoms with Gasteiger partial charge in [-0.1, -0.05) is 44.5 Å². The minimum Gasteiger partial charge on any atom is -0.370 e. The van der Waals surface area contributed by atoms with E-state index in [-0.39, 0.29) is 17.6 Å². The number of Topliss-reactive ketones (excluding diaryl/α,β-unsaturated/α-hetero) is 2. The molecule has 7 heteroatoms. The lowest BCUT2D eigenvalue weighted by Gasteiger charge is -2.35. The molecule has 3 aromatic rings. The largest absolute Gasteiger partial charge is 0.370 e. The van der Waals surface area contributed by atoms with Gasteiger partial charge in [0.2, 0.25) is 0 Å². The zero-order valence-corrected chi connectivity index (χ0v) is 23.3. The third kappa shape index (κ3) is 6.81. The maximum Gasteiger partial charge on any atom is 0.195 e. The highest BCUT2D eigenvalue weighted by Gasteiger charge is 2.33. The van der Waals surface area contributed by atoms with E-state index in [1.165, 1.54) is 43.0 Å². The summed E-state index contributed by atoms with van der Waals surface area (Å²) in [5, 5.41) is 0. The van der Waals surface area contributed by atoms with Crippen LogP contribution in [0.15, 0.2) is 36.5 Å². The number of carbonyl (C=O) groups excluding carboxylic acids is 2. The van der Waals surface area contributed by atoms with Crippen LogP contribution in [0.3, 0.4) is 0 Å². The molecule has 1 aromatic carbocycles. The van der Waals surface area contributed by atoms with Gasteiger partial charge in [-0.15, -0.1) is 0 Å². The monoisotopic (exact) mass is 520 g/mol. The van der Waals surface area contributed by atoms with Crippen molar-refractivity contribution in [3.8, 4) is 0 Å². The molecule has 2 aliphatic rings. The Morgan fingerprint density at radius 3 is 2.27 bits per heavy atom. The highest BCUT2D eigenvalue weighted by molar-refractivity contribution is 7.00. The predicted octanol–water partition coefficient (Wildman–Crippen LogP) is 6.93. The lowest BCUT2D eigenvalue weighted by atomic mass is 9.74. The van der Waals surface area contributed by atoms with Crippen molar-refractivity contribution in [2.24, 2.45) is 17.8 Å². The van der Waals surface area contributed by atoms with Crippen LogP contribution in [0.25, 0.3) is 11.2 Å². The third-order valence-corrected chi connectivity index (χ3v) is 8.59. The topological polar surface area (TPSA) is 76.1 Å². The Labute approximate surface area is 225 Å². The Bertz CT molecular complexity index is 1160. The number of fused-ring (bicyclic) bond motifs is 1. The molecule has 1 aliphatic heterocycles. The molecule has 37 heavy (non-hydrogen) atoms. The number of anilines is 1. The summed E-state index contributed by atoms with van der Waals surface area (Å²) in [6.45, 7) is 7.41. The first kappa shape index (κ1) is 27.4. The van der Waals surface area contributed by atoms with E-state index in [1.54, 1.807) is 13.1 Å². The first-order valence-corrected chi connectivity index (χ1v) is 14.8. The molecule has 2 aromatic heterocycles. The molecule has 0 radical (unpaired) electrons. The van der Waals surface area contributed by atoms with Crippen molar-refractivity contribution >= 4 is 40.1 Å². The van der Waals surface area contributed by atoms with Gasteiger partial charge in [-0.05, 0) is 75.8 Å². The average molecular weight is 521 g/mol. The molecule has 1 aliphatic carbocycles. The van der Waals surface area contributed by atoms with E-state index in [0.29, 0.717) is 11.4 Å². The van der Waals surface area contributed by atoms with Crippen molar-refractivity contribution in [3.63, 3.8) is 0 Å². The van der Waals surface area contributed by atoms with Gasteiger partial charge in [0.25, 0.3) is 0 Å². The maximum absolute atomic E-state index is 13.3. The number of pyridine rings is 1. The number of carbonyl (C=O) groups is 2. The van der Waals surface area contributed by atoms with Crippen LogP contribution in [0, 0.1) is 17.8 Å². The Hall–Kier alpha value is -2.67. The maximum atomic E-state index is 13.3. The number of ketones is 2. The van der Waals surface area contributed by atoms with E-state index in [2.05, 4.69) is 30.8 Å². The fourth-order valence-electron chi connectivity index (χ4n) is 5.92. The Morgan fingerprint density at radius 2 is 1.59 bits per heavy atom. The zero-order chi connectivity index (χ0) is 26.2. The minimum atomic E-state index is 0.122. The Kier molecular flexibility index (Phi) is 9.78. The fourth-order valence-corrected chi connectivity index (χ4v) is 6.43. The van der Waals surface area contributed by atoms with Gasteiger partial charge in [0, 0.05) is 36.7 Å². The van der Waals surface area contributed by atoms with E-state index in [1.807, 2.05) is 32.0 Å². The molecular weight excluding hydrogens is 480 g/mol. The summed E-state index contributed by atoms with van der Waals surface area (Å²) >= 11 is 1.21. The minimum absolute atomic E-state index is 0.122. The number of aryl methyl sites for hydroxylation is 1. The van der Waals surface area contributed by atoms with Crippen LogP contribution in [0.1, 0.15) is 88.1 Å². The number of hydrogen-bond acceptors (Lipinski definition) is 7. The van der Waals surface area contributed by atoms with Crippen LogP contribution >= 0.6 is 11.7 Å². The van der Waals surface area contributed by atoms with Crippen molar-refractivity contribution in [1.29, 1.82) is 0 Å². The normalized spacial score (nSPS) is 20.4. The quantitative estimate of drug-likeness (QED) is 0.300. The highest BCUT2D eigenvalue weighted by Crippen LogP contribution is 2.36. The highest BCUT2D eigenvalue weighted by atomic mass is 32.1. The summed E-state index contributed by atoms with van der Waals surface area (Å²) in [6, 6.07) is 10.1. The van der Waals surface area contributed by atoms with Crippen molar-refractivity contribution in [3.05, 3.63) is 47.7 Å². The molecule has 0 N–H and O–H groups in total. The van der Waals surface area contributed by atoms with Crippen molar-refractivity contribution in [2.45, 2.75) is 78.6 Å². The molecule has 2 fully saturated rings. The summed E-state index contributed by atoms with van der Waals surface area (Å²) in [7, 11) is 0. The third-order valence-electron chi connectivity index (χ3n) is 8.07. The van der Waals surface area contributed by atoms with Crippen molar-refractivity contribution in [2.75, 3.05) is 18.0 Å². The summed E-state index contributed by atoms with van der Waals surface area (Å²) in [4.78, 5) is 31.3. The standard InChI is InChI=1S/C28H34N4O2S.C2H6/c1-19(33)22-9-5-20(6-10-22)3-2-4-21-7-11-23(12-8-21)27(34)24-14-17-32(18-15-24)25-13-16-29-28-26(25)30-35-31-28;1-2/h5-6,9-10,13,16,21,23-24H,2-4,7-8,11-12,14-15,17-18H2,1H3;1-2H3. The lowest BCUT2D eigenvalue weighted by Crippen LogP contribution is -2.39. The number of rotatable bonds is 8. The second-order valence-corrected chi connectivity index (χ2v) is 10.8. The zero-order valence-electron chi connectivity index (χ0n) is 22.5. The van der Waals surface area contributed by atoms with Crippen LogP contribution in [0.5, 0.6) is 0 Å². The number of aromatic nitrogens is 3. The smallest absolute Gasteiger partial charge is 0.195 e. The van der Waals surface area contributed by atoms with E-state index in [9.17, 15) is 9.59 Å². The van der Waals surface area contributed by atoms with Gasteiger partial charge in [0.05, 0.1) is 17.4 Å². The van der Waals surface area contributed by atoms with Gasteiger partial charge in [-0.2, -0.15) is 8.75 Å². The van der Waals surface area contributed by atoms with Crippen LogP contribution in [-0.4, -0.2) is 38.4 Å². The van der Waals surface area contributed by atoms with Crippen LogP contribution in [0.2, 0.25) is 0 Å². The van der Waals surface area contributed by atoms with Gasteiger partial charge in [0.15, 0.2) is 11.4 Å².